The number of benzene rings is 2. The molecule has 1 saturated heterocycles. The van der Waals surface area contributed by atoms with Crippen LogP contribution in [0.25, 0.3) is 10.2 Å². The van der Waals surface area contributed by atoms with Crippen LogP contribution >= 0.6 is 22.9 Å². The first-order valence-electron chi connectivity index (χ1n) is 9.08. The van der Waals surface area contributed by atoms with E-state index in [1.807, 2.05) is 0 Å². The quantitative estimate of drug-likeness (QED) is 0.589. The van der Waals surface area contributed by atoms with Crippen LogP contribution in [0.3, 0.4) is 0 Å². The number of carbonyl (C=O) groups excluding carboxylic acids is 1. The van der Waals surface area contributed by atoms with Gasteiger partial charge in [-0.05, 0) is 62.1 Å². The summed E-state index contributed by atoms with van der Waals surface area (Å²) in [5.41, 5.74) is 3.84. The molecule has 1 aromatic heterocycles. The van der Waals surface area contributed by atoms with Gasteiger partial charge in [0.05, 0.1) is 22.9 Å². The molecule has 0 saturated carbocycles. The molecule has 1 fully saturated rings. The minimum absolute atomic E-state index is 0.0444. The van der Waals surface area contributed by atoms with Crippen LogP contribution in [0.4, 0.5) is 5.13 Å². The summed E-state index contributed by atoms with van der Waals surface area (Å²) in [6.45, 7) is 5.39. The van der Waals surface area contributed by atoms with Gasteiger partial charge >= 0.3 is 0 Å². The smallest absolute Gasteiger partial charge is 0.260 e. The van der Waals surface area contributed by atoms with Crippen molar-refractivity contribution in [2.45, 2.75) is 32.8 Å². The number of thiazole rings is 1. The third-order valence-electron chi connectivity index (χ3n) is 4.78. The van der Waals surface area contributed by atoms with Gasteiger partial charge in [-0.25, -0.2) is 4.98 Å². The lowest BCUT2D eigenvalue weighted by Crippen LogP contribution is -2.37. The number of hydrogen-bond donors (Lipinski definition) is 0. The van der Waals surface area contributed by atoms with Crippen molar-refractivity contribution in [3.8, 4) is 0 Å². The second kappa shape index (κ2) is 7.58. The van der Waals surface area contributed by atoms with Gasteiger partial charge in [0.1, 0.15) is 0 Å². The number of aromatic nitrogens is 1. The molecule has 0 N–H and O–H groups in total. The number of anilines is 1. The molecule has 27 heavy (non-hydrogen) atoms. The third kappa shape index (κ3) is 3.86. The summed E-state index contributed by atoms with van der Waals surface area (Å²) in [7, 11) is 0. The van der Waals surface area contributed by atoms with E-state index in [1.165, 1.54) is 5.56 Å². The Bertz CT molecular complexity index is 995. The van der Waals surface area contributed by atoms with Crippen molar-refractivity contribution in [2.75, 3.05) is 18.1 Å². The molecule has 1 amide bonds. The third-order valence-corrected chi connectivity index (χ3v) is 6.04. The number of halogens is 1. The zero-order valence-corrected chi connectivity index (χ0v) is 16.9. The van der Waals surface area contributed by atoms with Gasteiger partial charge in [-0.15, -0.1) is 0 Å². The number of fused-ring (bicyclic) bond motifs is 1. The molecule has 4 nitrogen and oxygen atoms in total. The average molecular weight is 401 g/mol. The Morgan fingerprint density at radius 3 is 2.93 bits per heavy atom. The Hall–Kier alpha value is -1.95. The van der Waals surface area contributed by atoms with E-state index in [1.54, 1.807) is 40.5 Å². The lowest BCUT2D eigenvalue weighted by Gasteiger charge is -2.23. The van der Waals surface area contributed by atoms with Crippen LogP contribution in [0.15, 0.2) is 36.4 Å². The number of ether oxygens (including phenoxy) is 1. The minimum Gasteiger partial charge on any atom is -0.376 e. The van der Waals surface area contributed by atoms with Gasteiger partial charge in [-0.2, -0.15) is 0 Å². The molecule has 140 valence electrons. The monoisotopic (exact) mass is 400 g/mol. The second-order valence-electron chi connectivity index (χ2n) is 6.99. The fourth-order valence-electron chi connectivity index (χ4n) is 3.49. The van der Waals surface area contributed by atoms with Gasteiger partial charge in [-0.3, -0.25) is 9.69 Å². The van der Waals surface area contributed by atoms with Crippen molar-refractivity contribution < 1.29 is 9.53 Å². The molecule has 6 heteroatoms. The molecular weight excluding hydrogens is 380 g/mol. The zero-order valence-electron chi connectivity index (χ0n) is 15.4. The van der Waals surface area contributed by atoms with Crippen LogP contribution in [-0.4, -0.2) is 30.1 Å². The molecule has 3 aromatic rings. The Kier molecular flexibility index (Phi) is 5.17. The topological polar surface area (TPSA) is 42.4 Å². The highest BCUT2D eigenvalue weighted by Crippen LogP contribution is 2.33. The lowest BCUT2D eigenvalue weighted by atomic mass is 10.1. The first-order chi connectivity index (χ1) is 13.0. The van der Waals surface area contributed by atoms with Crippen LogP contribution < -0.4 is 4.90 Å². The molecular formula is C21H21ClN2O2S. The second-order valence-corrected chi connectivity index (χ2v) is 8.43. The largest absolute Gasteiger partial charge is 0.376 e. The normalized spacial score (nSPS) is 16.8. The van der Waals surface area contributed by atoms with Gasteiger partial charge in [0, 0.05) is 17.2 Å². The lowest BCUT2D eigenvalue weighted by molar-refractivity contribution is 0.0917. The van der Waals surface area contributed by atoms with Crippen molar-refractivity contribution >= 4 is 44.2 Å². The first kappa shape index (κ1) is 18.4. The molecule has 0 bridgehead atoms. The van der Waals surface area contributed by atoms with E-state index in [0.717, 1.165) is 35.2 Å². The van der Waals surface area contributed by atoms with Crippen molar-refractivity contribution in [3.63, 3.8) is 0 Å². The SMILES string of the molecule is Cc1cc(C)c2nc(N(CC3CCCO3)C(=O)c3cccc(Cl)c3)sc2c1. The van der Waals surface area contributed by atoms with Crippen molar-refractivity contribution in [3.05, 3.63) is 58.1 Å². The van der Waals surface area contributed by atoms with E-state index < -0.39 is 0 Å². The summed E-state index contributed by atoms with van der Waals surface area (Å²) >= 11 is 7.65. The number of carbonyl (C=O) groups is 1. The zero-order chi connectivity index (χ0) is 19.0. The van der Waals surface area contributed by atoms with E-state index in [9.17, 15) is 4.79 Å². The molecule has 1 aliphatic heterocycles. The van der Waals surface area contributed by atoms with E-state index >= 15 is 0 Å². The summed E-state index contributed by atoms with van der Waals surface area (Å²) in [4.78, 5) is 19.8. The van der Waals surface area contributed by atoms with Crippen LogP contribution in [0.5, 0.6) is 0 Å². The van der Waals surface area contributed by atoms with Crippen LogP contribution in [-0.2, 0) is 4.74 Å². The fourth-order valence-corrected chi connectivity index (χ4v) is 4.83. The van der Waals surface area contributed by atoms with E-state index in [-0.39, 0.29) is 12.0 Å². The van der Waals surface area contributed by atoms with Crippen LogP contribution in [0.2, 0.25) is 5.02 Å². The van der Waals surface area contributed by atoms with Crippen LogP contribution in [0.1, 0.15) is 34.3 Å². The Morgan fingerprint density at radius 1 is 1.33 bits per heavy atom. The Balaban J connectivity index is 1.75. The minimum atomic E-state index is -0.0959. The maximum Gasteiger partial charge on any atom is 0.260 e. The highest BCUT2D eigenvalue weighted by Gasteiger charge is 2.27. The summed E-state index contributed by atoms with van der Waals surface area (Å²) in [6.07, 6.45) is 2.03. The molecule has 0 spiro atoms. The van der Waals surface area contributed by atoms with Gasteiger partial charge < -0.3 is 4.74 Å². The molecule has 2 aromatic carbocycles. The van der Waals surface area contributed by atoms with Crippen molar-refractivity contribution in [1.29, 1.82) is 0 Å². The number of nitrogens with zero attached hydrogens (tertiary/aromatic N) is 2. The average Bonchev–Trinajstić information content (AvgIpc) is 3.28. The van der Waals surface area contributed by atoms with E-state index in [4.69, 9.17) is 21.3 Å². The number of rotatable bonds is 4. The predicted molar refractivity (Wildman–Crippen MR) is 111 cm³/mol. The predicted octanol–water partition coefficient (Wildman–Crippen LogP) is 5.39. The van der Waals surface area contributed by atoms with Crippen molar-refractivity contribution in [1.82, 2.24) is 4.98 Å². The summed E-state index contributed by atoms with van der Waals surface area (Å²) in [5, 5.41) is 1.26. The van der Waals surface area contributed by atoms with E-state index in [2.05, 4.69) is 26.0 Å². The highest BCUT2D eigenvalue weighted by atomic mass is 35.5. The number of hydrogen-bond acceptors (Lipinski definition) is 4. The van der Waals surface area contributed by atoms with Crippen molar-refractivity contribution in [2.24, 2.45) is 0 Å². The maximum absolute atomic E-state index is 13.3. The Morgan fingerprint density at radius 2 is 2.19 bits per heavy atom. The summed E-state index contributed by atoms with van der Waals surface area (Å²) in [5.74, 6) is -0.0959. The summed E-state index contributed by atoms with van der Waals surface area (Å²) < 4.78 is 6.88. The molecule has 0 radical (unpaired) electrons. The van der Waals surface area contributed by atoms with Crippen LogP contribution in [0, 0.1) is 13.8 Å². The fraction of sp³-hybridized carbons (Fsp3) is 0.333. The van der Waals surface area contributed by atoms with Gasteiger partial charge in [0.15, 0.2) is 5.13 Å². The Labute approximate surface area is 167 Å². The molecule has 1 atom stereocenters. The molecule has 2 heterocycles. The standard InChI is InChI=1S/C21H21ClN2O2S/c1-13-9-14(2)19-18(10-13)27-21(23-19)24(12-17-7-4-8-26-17)20(25)15-5-3-6-16(22)11-15/h3,5-6,9-11,17H,4,7-8,12H2,1-2H3. The van der Waals surface area contributed by atoms with Gasteiger partial charge in [0.25, 0.3) is 5.91 Å². The highest BCUT2D eigenvalue weighted by molar-refractivity contribution is 7.22. The maximum atomic E-state index is 13.3. The molecule has 0 aliphatic carbocycles. The summed E-state index contributed by atoms with van der Waals surface area (Å²) in [6, 6.07) is 11.3. The van der Waals surface area contributed by atoms with E-state index in [0.29, 0.717) is 22.3 Å². The molecule has 4 rings (SSSR count). The van der Waals surface area contributed by atoms with Gasteiger partial charge in [-0.1, -0.05) is 35.1 Å². The molecule has 1 aliphatic rings. The number of amides is 1. The van der Waals surface area contributed by atoms with Gasteiger partial charge in [0.2, 0.25) is 0 Å². The number of aryl methyl sites for hydroxylation is 2. The molecule has 1 unspecified atom stereocenters. The first-order valence-corrected chi connectivity index (χ1v) is 10.3.